The minimum atomic E-state index is -0.0739. The molecule has 7 nitrogen and oxygen atoms in total. The number of pyridine rings is 1. The van der Waals surface area contributed by atoms with E-state index in [1.807, 2.05) is 39.8 Å². The van der Waals surface area contributed by atoms with Crippen LogP contribution in [0.15, 0.2) is 71.8 Å². The normalized spacial score (nSPS) is 19.9. The Morgan fingerprint density at radius 3 is 2.68 bits per heavy atom. The number of likely N-dealkylation sites (tertiary alicyclic amines) is 1. The Hall–Kier alpha value is -3.74. The van der Waals surface area contributed by atoms with Crippen LogP contribution in [-0.4, -0.2) is 43.1 Å². The fourth-order valence-corrected chi connectivity index (χ4v) is 5.02. The highest BCUT2D eigenvalue weighted by Crippen LogP contribution is 2.37. The molecule has 1 fully saturated rings. The molecule has 4 aromatic rings. The molecule has 0 N–H and O–H groups in total. The molecule has 0 unspecified atom stereocenters. The zero-order chi connectivity index (χ0) is 20.9. The second-order valence-corrected chi connectivity index (χ2v) is 8.44. The standard InChI is InChI=1S/C24H21N5O2/c30-23-11-18(17-5-2-1-3-6-17)10-21-19-9-16(14-28(21)23)13-27(15-19)24(31)20-12-22-25-7-4-8-29(22)26-20/h1-8,10-12,16,19H,9,13-15H2/t16-,19+/m0/s1. The Labute approximate surface area is 178 Å². The molecule has 2 bridgehead atoms. The van der Waals surface area contributed by atoms with Crippen LogP contribution in [0.3, 0.4) is 0 Å². The largest absolute Gasteiger partial charge is 0.336 e. The first kappa shape index (κ1) is 18.1. The van der Waals surface area contributed by atoms with E-state index in [4.69, 9.17) is 0 Å². The zero-order valence-corrected chi connectivity index (χ0v) is 16.9. The Bertz CT molecular complexity index is 1320. The van der Waals surface area contributed by atoms with Crippen LogP contribution in [-0.2, 0) is 6.54 Å². The number of amides is 1. The Kier molecular flexibility index (Phi) is 4.02. The van der Waals surface area contributed by atoms with Crippen LogP contribution >= 0.6 is 0 Å². The van der Waals surface area contributed by atoms with Gasteiger partial charge in [0.15, 0.2) is 11.3 Å². The molecule has 0 saturated carbocycles. The van der Waals surface area contributed by atoms with Gasteiger partial charge in [0.2, 0.25) is 0 Å². The van der Waals surface area contributed by atoms with Gasteiger partial charge < -0.3 is 9.47 Å². The van der Waals surface area contributed by atoms with E-state index in [-0.39, 0.29) is 23.3 Å². The number of carbonyl (C=O) groups is 1. The fourth-order valence-electron chi connectivity index (χ4n) is 5.02. The number of piperidine rings is 1. The van der Waals surface area contributed by atoms with Crippen LogP contribution in [0.5, 0.6) is 0 Å². The van der Waals surface area contributed by atoms with Crippen molar-refractivity contribution in [1.29, 1.82) is 0 Å². The van der Waals surface area contributed by atoms with Crippen molar-refractivity contribution in [3.8, 4) is 11.1 Å². The summed E-state index contributed by atoms with van der Waals surface area (Å²) < 4.78 is 3.53. The van der Waals surface area contributed by atoms with E-state index in [9.17, 15) is 9.59 Å². The Morgan fingerprint density at radius 2 is 1.84 bits per heavy atom. The predicted octanol–water partition coefficient (Wildman–Crippen LogP) is 2.82. The van der Waals surface area contributed by atoms with Gasteiger partial charge >= 0.3 is 0 Å². The molecule has 3 aromatic heterocycles. The van der Waals surface area contributed by atoms with Crippen molar-refractivity contribution in [2.24, 2.45) is 5.92 Å². The lowest BCUT2D eigenvalue weighted by Gasteiger charge is -2.42. The first-order valence-electron chi connectivity index (χ1n) is 10.6. The molecule has 154 valence electrons. The molecular weight excluding hydrogens is 390 g/mol. The maximum absolute atomic E-state index is 13.2. The van der Waals surface area contributed by atoms with Crippen LogP contribution in [0.1, 0.15) is 28.5 Å². The topological polar surface area (TPSA) is 72.5 Å². The fraction of sp³-hybridized carbons (Fsp3) is 0.250. The van der Waals surface area contributed by atoms with Crippen molar-refractivity contribution in [2.45, 2.75) is 18.9 Å². The maximum atomic E-state index is 13.2. The van der Waals surface area contributed by atoms with E-state index in [0.717, 1.165) is 23.2 Å². The number of hydrogen-bond donors (Lipinski definition) is 0. The van der Waals surface area contributed by atoms with Gasteiger partial charge in [-0.3, -0.25) is 9.59 Å². The van der Waals surface area contributed by atoms with Crippen molar-refractivity contribution in [3.63, 3.8) is 0 Å². The lowest BCUT2D eigenvalue weighted by Crippen LogP contribution is -2.49. The second kappa shape index (κ2) is 6.91. The molecule has 1 saturated heterocycles. The number of rotatable bonds is 2. The van der Waals surface area contributed by atoms with Crippen molar-refractivity contribution >= 4 is 11.6 Å². The molecule has 0 aliphatic carbocycles. The van der Waals surface area contributed by atoms with E-state index in [2.05, 4.69) is 16.1 Å². The lowest BCUT2D eigenvalue weighted by atomic mass is 9.82. The van der Waals surface area contributed by atoms with Gasteiger partial charge in [-0.25, -0.2) is 9.50 Å². The summed E-state index contributed by atoms with van der Waals surface area (Å²) in [4.78, 5) is 32.3. The molecule has 2 aliphatic rings. The zero-order valence-electron chi connectivity index (χ0n) is 16.9. The van der Waals surface area contributed by atoms with Crippen LogP contribution in [0.4, 0.5) is 0 Å². The molecule has 5 heterocycles. The average molecular weight is 411 g/mol. The number of fused-ring (bicyclic) bond motifs is 5. The number of aromatic nitrogens is 4. The maximum Gasteiger partial charge on any atom is 0.274 e. The van der Waals surface area contributed by atoms with Gasteiger partial charge in [-0.1, -0.05) is 30.3 Å². The van der Waals surface area contributed by atoms with Gasteiger partial charge in [0, 0.05) is 55.8 Å². The van der Waals surface area contributed by atoms with Crippen LogP contribution in [0.2, 0.25) is 0 Å². The van der Waals surface area contributed by atoms with Crippen LogP contribution in [0, 0.1) is 5.92 Å². The summed E-state index contributed by atoms with van der Waals surface area (Å²) in [5.41, 5.74) is 4.10. The van der Waals surface area contributed by atoms with Crippen LogP contribution < -0.4 is 5.56 Å². The third kappa shape index (κ3) is 3.04. The first-order valence-corrected chi connectivity index (χ1v) is 10.6. The molecule has 1 amide bonds. The Morgan fingerprint density at radius 1 is 0.968 bits per heavy atom. The van der Waals surface area contributed by atoms with E-state index in [0.29, 0.717) is 31.0 Å². The van der Waals surface area contributed by atoms with Gasteiger partial charge in [0.1, 0.15) is 0 Å². The molecule has 7 heteroatoms. The highest BCUT2D eigenvalue weighted by Gasteiger charge is 2.37. The van der Waals surface area contributed by atoms with Crippen molar-refractivity contribution in [3.05, 3.63) is 88.7 Å². The molecule has 2 atom stereocenters. The van der Waals surface area contributed by atoms with E-state index in [1.54, 1.807) is 35.1 Å². The molecule has 1 aromatic carbocycles. The summed E-state index contributed by atoms with van der Waals surface area (Å²) in [6, 6.07) is 17.3. The van der Waals surface area contributed by atoms with E-state index in [1.165, 1.54) is 0 Å². The minimum absolute atomic E-state index is 0.0391. The number of benzene rings is 1. The summed E-state index contributed by atoms with van der Waals surface area (Å²) in [6.07, 6.45) is 4.47. The smallest absolute Gasteiger partial charge is 0.274 e. The highest BCUT2D eigenvalue weighted by atomic mass is 16.2. The second-order valence-electron chi connectivity index (χ2n) is 8.44. The van der Waals surface area contributed by atoms with Gasteiger partial charge in [-0.2, -0.15) is 5.10 Å². The van der Waals surface area contributed by atoms with Crippen molar-refractivity contribution in [2.75, 3.05) is 13.1 Å². The van der Waals surface area contributed by atoms with Crippen molar-refractivity contribution in [1.82, 2.24) is 24.1 Å². The monoisotopic (exact) mass is 411 g/mol. The number of hydrogen-bond acceptors (Lipinski definition) is 4. The summed E-state index contributed by atoms with van der Waals surface area (Å²) >= 11 is 0. The molecular formula is C24H21N5O2. The first-order chi connectivity index (χ1) is 15.2. The minimum Gasteiger partial charge on any atom is -0.336 e. The predicted molar refractivity (Wildman–Crippen MR) is 116 cm³/mol. The van der Waals surface area contributed by atoms with Gasteiger partial charge in [-0.15, -0.1) is 0 Å². The third-order valence-electron chi connectivity index (χ3n) is 6.41. The lowest BCUT2D eigenvalue weighted by molar-refractivity contribution is 0.0588. The van der Waals surface area contributed by atoms with Gasteiger partial charge in [0.05, 0.1) is 0 Å². The molecule has 31 heavy (non-hydrogen) atoms. The summed E-state index contributed by atoms with van der Waals surface area (Å²) in [5.74, 6) is 0.337. The van der Waals surface area contributed by atoms with Crippen molar-refractivity contribution < 1.29 is 4.79 Å². The average Bonchev–Trinajstić information content (AvgIpc) is 3.24. The quantitative estimate of drug-likeness (QED) is 0.509. The Balaban J connectivity index is 1.34. The van der Waals surface area contributed by atoms with Gasteiger partial charge in [0.25, 0.3) is 11.5 Å². The molecule has 2 aliphatic heterocycles. The number of carbonyl (C=O) groups excluding carboxylic acids is 1. The number of nitrogens with zero attached hydrogens (tertiary/aromatic N) is 5. The summed E-state index contributed by atoms with van der Waals surface area (Å²) in [5, 5.41) is 4.40. The molecule has 0 radical (unpaired) electrons. The molecule has 6 rings (SSSR count). The van der Waals surface area contributed by atoms with E-state index >= 15 is 0 Å². The SMILES string of the molecule is O=C(c1cc2ncccn2n1)N1C[C@@H]2C[C@H](C1)c1cc(-c3ccccc3)cc(=O)n1C2. The van der Waals surface area contributed by atoms with Gasteiger partial charge in [-0.05, 0) is 35.6 Å². The third-order valence-corrected chi connectivity index (χ3v) is 6.41. The van der Waals surface area contributed by atoms with E-state index < -0.39 is 0 Å². The van der Waals surface area contributed by atoms with Crippen LogP contribution in [0.25, 0.3) is 16.8 Å². The summed E-state index contributed by atoms with van der Waals surface area (Å²) in [7, 11) is 0. The molecule has 0 spiro atoms. The summed E-state index contributed by atoms with van der Waals surface area (Å²) in [6.45, 7) is 1.88. The highest BCUT2D eigenvalue weighted by molar-refractivity contribution is 5.93.